The van der Waals surface area contributed by atoms with Gasteiger partial charge in [0.2, 0.25) is 5.91 Å². The first-order chi connectivity index (χ1) is 9.99. The van der Waals surface area contributed by atoms with Gasteiger partial charge < -0.3 is 11.1 Å². The molecule has 3 N–H and O–H groups in total. The molecule has 1 heterocycles. The number of benzene rings is 1. The molecule has 0 bridgehead atoms. The smallest absolute Gasteiger partial charge is 0.229 e. The number of carbonyl (C=O) groups is 1. The molecule has 0 aliphatic rings. The molecule has 0 radical (unpaired) electrons. The molecule has 0 spiro atoms. The van der Waals surface area contributed by atoms with Gasteiger partial charge in [-0.3, -0.25) is 4.79 Å². The van der Waals surface area contributed by atoms with Crippen molar-refractivity contribution in [2.75, 3.05) is 0 Å². The van der Waals surface area contributed by atoms with Gasteiger partial charge in [0.15, 0.2) is 0 Å². The van der Waals surface area contributed by atoms with E-state index in [1.165, 1.54) is 6.33 Å². The van der Waals surface area contributed by atoms with Crippen molar-refractivity contribution in [3.8, 4) is 11.1 Å². The molecule has 2 rings (SSSR count). The monoisotopic (exact) mass is 322 g/mol. The van der Waals surface area contributed by atoms with Crippen LogP contribution >= 0.6 is 23.2 Å². The van der Waals surface area contributed by atoms with Gasteiger partial charge in [-0.1, -0.05) is 35.8 Å². The highest BCUT2D eigenvalue weighted by molar-refractivity contribution is 6.38. The van der Waals surface area contributed by atoms with Gasteiger partial charge in [-0.05, 0) is 11.6 Å². The van der Waals surface area contributed by atoms with Crippen LogP contribution in [-0.4, -0.2) is 15.9 Å². The maximum Gasteiger partial charge on any atom is 0.229 e. The molecule has 108 valence electrons. The Kier molecular flexibility index (Phi) is 4.77. The molecule has 0 unspecified atom stereocenters. The quantitative estimate of drug-likeness (QED) is 0.906. The lowest BCUT2D eigenvalue weighted by molar-refractivity contribution is -0.119. The minimum atomic E-state index is -0.340. The third kappa shape index (κ3) is 3.71. The average molecular weight is 323 g/mol. The van der Waals surface area contributed by atoms with E-state index in [9.17, 15) is 4.79 Å². The van der Waals surface area contributed by atoms with E-state index in [0.29, 0.717) is 21.2 Å². The van der Waals surface area contributed by atoms with Crippen molar-refractivity contribution in [2.45, 2.75) is 6.42 Å². The molecular formula is C14H12Cl2N4O. The summed E-state index contributed by atoms with van der Waals surface area (Å²) in [7, 11) is 0. The first-order valence-corrected chi connectivity index (χ1v) is 6.71. The van der Waals surface area contributed by atoms with E-state index in [4.69, 9.17) is 28.9 Å². The van der Waals surface area contributed by atoms with Crippen LogP contribution in [0.1, 0.15) is 5.56 Å². The predicted octanol–water partition coefficient (Wildman–Crippen LogP) is 2.54. The Bertz CT molecular complexity index is 689. The summed E-state index contributed by atoms with van der Waals surface area (Å²) in [6.45, 7) is 3.41. The lowest BCUT2D eigenvalue weighted by Gasteiger charge is -2.11. The third-order valence-corrected chi connectivity index (χ3v) is 3.48. The molecule has 0 aliphatic heterocycles. The first kappa shape index (κ1) is 15.3. The number of aromatic nitrogens is 2. The highest BCUT2D eigenvalue weighted by Crippen LogP contribution is 2.34. The van der Waals surface area contributed by atoms with Crippen molar-refractivity contribution >= 4 is 29.1 Å². The summed E-state index contributed by atoms with van der Waals surface area (Å²) < 4.78 is 0. The van der Waals surface area contributed by atoms with Gasteiger partial charge in [-0.25, -0.2) is 9.97 Å². The maximum atomic E-state index is 11.8. The number of nitrogens with zero attached hydrogens (tertiary/aromatic N) is 2. The standard InChI is InChI=1S/C14H12Cl2N4O/c1-8(17)20-13(21)4-11-12(15)3-2-10(14(11)16)9-5-18-7-19-6-9/h2-3,5-7H,1,4,17H2,(H,20,21). The maximum absolute atomic E-state index is 11.8. The Morgan fingerprint density at radius 2 is 1.95 bits per heavy atom. The van der Waals surface area contributed by atoms with E-state index in [-0.39, 0.29) is 18.1 Å². The number of nitrogens with two attached hydrogens (primary N) is 1. The molecule has 7 heteroatoms. The van der Waals surface area contributed by atoms with E-state index in [2.05, 4.69) is 21.9 Å². The molecule has 1 aromatic carbocycles. The molecule has 1 amide bonds. The summed E-state index contributed by atoms with van der Waals surface area (Å²) in [4.78, 5) is 19.7. The molecule has 0 aliphatic carbocycles. The summed E-state index contributed by atoms with van der Waals surface area (Å²) in [5.74, 6) is -0.271. The minimum Gasteiger partial charge on any atom is -0.386 e. The van der Waals surface area contributed by atoms with Crippen molar-refractivity contribution in [2.24, 2.45) is 5.73 Å². The lowest BCUT2D eigenvalue weighted by Crippen LogP contribution is -2.28. The van der Waals surface area contributed by atoms with Gasteiger partial charge in [0, 0.05) is 28.5 Å². The highest BCUT2D eigenvalue weighted by Gasteiger charge is 2.15. The van der Waals surface area contributed by atoms with E-state index in [1.54, 1.807) is 24.5 Å². The van der Waals surface area contributed by atoms with Gasteiger partial charge in [-0.2, -0.15) is 0 Å². The number of amides is 1. The second kappa shape index (κ2) is 6.56. The Morgan fingerprint density at radius 1 is 1.29 bits per heavy atom. The highest BCUT2D eigenvalue weighted by atomic mass is 35.5. The second-order valence-electron chi connectivity index (χ2n) is 4.26. The molecule has 0 saturated carbocycles. The normalized spacial score (nSPS) is 10.2. The van der Waals surface area contributed by atoms with Gasteiger partial charge in [-0.15, -0.1) is 0 Å². The van der Waals surface area contributed by atoms with Crippen LogP contribution in [0, 0.1) is 0 Å². The summed E-state index contributed by atoms with van der Waals surface area (Å²) in [6, 6.07) is 3.43. The van der Waals surface area contributed by atoms with Gasteiger partial charge in [0.05, 0.1) is 17.3 Å². The average Bonchev–Trinajstić information content (AvgIpc) is 2.43. The molecule has 0 fully saturated rings. The van der Waals surface area contributed by atoms with E-state index < -0.39 is 0 Å². The van der Waals surface area contributed by atoms with Gasteiger partial charge in [0.1, 0.15) is 6.33 Å². The molecule has 5 nitrogen and oxygen atoms in total. The number of carbonyl (C=O) groups excluding carboxylic acids is 1. The van der Waals surface area contributed by atoms with Crippen molar-refractivity contribution in [1.82, 2.24) is 15.3 Å². The summed E-state index contributed by atoms with van der Waals surface area (Å²) in [6.07, 6.45) is 4.69. The number of halogens is 2. The Balaban J connectivity index is 2.38. The fraction of sp³-hybridized carbons (Fsp3) is 0.0714. The van der Waals surface area contributed by atoms with Crippen LogP contribution in [0.4, 0.5) is 0 Å². The lowest BCUT2D eigenvalue weighted by atomic mass is 10.0. The fourth-order valence-electron chi connectivity index (χ4n) is 1.80. The van der Waals surface area contributed by atoms with Crippen LogP contribution < -0.4 is 11.1 Å². The zero-order valence-corrected chi connectivity index (χ0v) is 12.4. The first-order valence-electron chi connectivity index (χ1n) is 5.95. The van der Waals surface area contributed by atoms with Crippen LogP contribution in [0.5, 0.6) is 0 Å². The predicted molar refractivity (Wildman–Crippen MR) is 82.7 cm³/mol. The van der Waals surface area contributed by atoms with E-state index in [0.717, 1.165) is 5.56 Å². The molecule has 2 aromatic rings. The van der Waals surface area contributed by atoms with Crippen molar-refractivity contribution in [1.29, 1.82) is 0 Å². The van der Waals surface area contributed by atoms with Crippen LogP contribution in [0.15, 0.2) is 43.3 Å². The molecule has 1 aromatic heterocycles. The number of hydrogen-bond donors (Lipinski definition) is 2. The molecule has 0 atom stereocenters. The molecular weight excluding hydrogens is 311 g/mol. The summed E-state index contributed by atoms with van der Waals surface area (Å²) >= 11 is 12.5. The Labute approximate surface area is 131 Å². The van der Waals surface area contributed by atoms with Crippen LogP contribution in [0.2, 0.25) is 10.0 Å². The van der Waals surface area contributed by atoms with E-state index in [1.807, 2.05) is 0 Å². The number of nitrogens with one attached hydrogen (secondary N) is 1. The second-order valence-corrected chi connectivity index (χ2v) is 5.05. The zero-order chi connectivity index (χ0) is 15.4. The topological polar surface area (TPSA) is 80.9 Å². The van der Waals surface area contributed by atoms with Gasteiger partial charge in [0.25, 0.3) is 0 Å². The molecule has 21 heavy (non-hydrogen) atoms. The van der Waals surface area contributed by atoms with E-state index >= 15 is 0 Å². The van der Waals surface area contributed by atoms with Gasteiger partial charge >= 0.3 is 0 Å². The van der Waals surface area contributed by atoms with Crippen molar-refractivity contribution in [3.05, 3.63) is 58.9 Å². The Morgan fingerprint density at radius 3 is 2.57 bits per heavy atom. The zero-order valence-electron chi connectivity index (χ0n) is 10.9. The fourth-order valence-corrected chi connectivity index (χ4v) is 2.42. The summed E-state index contributed by atoms with van der Waals surface area (Å²) in [5.41, 5.74) is 7.29. The Hall–Kier alpha value is -2.11. The third-order valence-electron chi connectivity index (χ3n) is 2.69. The largest absolute Gasteiger partial charge is 0.386 e. The number of rotatable bonds is 4. The summed E-state index contributed by atoms with van der Waals surface area (Å²) in [5, 5.41) is 3.19. The van der Waals surface area contributed by atoms with Crippen molar-refractivity contribution in [3.63, 3.8) is 0 Å². The van der Waals surface area contributed by atoms with Crippen LogP contribution in [0.3, 0.4) is 0 Å². The van der Waals surface area contributed by atoms with Crippen LogP contribution in [0.25, 0.3) is 11.1 Å². The SMILES string of the molecule is C=C(N)NC(=O)Cc1c(Cl)ccc(-c2cncnc2)c1Cl. The molecule has 0 saturated heterocycles. The van der Waals surface area contributed by atoms with Crippen molar-refractivity contribution < 1.29 is 4.79 Å². The number of hydrogen-bond acceptors (Lipinski definition) is 4. The minimum absolute atomic E-state index is 0.00455. The van der Waals surface area contributed by atoms with Crippen LogP contribution in [-0.2, 0) is 11.2 Å².